The second kappa shape index (κ2) is 7.70. The van der Waals surface area contributed by atoms with Crippen LogP contribution in [0.1, 0.15) is 59.8 Å². The predicted octanol–water partition coefficient (Wildman–Crippen LogP) is 2.62. The van der Waals surface area contributed by atoms with Crippen molar-refractivity contribution in [1.82, 2.24) is 24.8 Å². The van der Waals surface area contributed by atoms with E-state index in [9.17, 15) is 14.4 Å². The van der Waals surface area contributed by atoms with Crippen molar-refractivity contribution in [1.29, 1.82) is 0 Å². The minimum Gasteiger partial charge on any atom is -0.345 e. The lowest BCUT2D eigenvalue weighted by Crippen LogP contribution is -2.50. The topological polar surface area (TPSA) is 96.7 Å². The van der Waals surface area contributed by atoms with Gasteiger partial charge >= 0.3 is 0 Å². The van der Waals surface area contributed by atoms with E-state index in [0.717, 1.165) is 4.90 Å². The number of hydrogen-bond donors (Lipinski definition) is 1. The van der Waals surface area contributed by atoms with Crippen molar-refractivity contribution in [2.24, 2.45) is 5.92 Å². The molecule has 0 bridgehead atoms. The van der Waals surface area contributed by atoms with Gasteiger partial charge in [-0.25, -0.2) is 0 Å². The van der Waals surface area contributed by atoms with Gasteiger partial charge in [0.05, 0.1) is 17.2 Å². The summed E-state index contributed by atoms with van der Waals surface area (Å²) in [6, 6.07) is 10.8. The summed E-state index contributed by atoms with van der Waals surface area (Å²) in [5.74, 6) is -0.578. The lowest BCUT2D eigenvalue weighted by Gasteiger charge is -2.28. The van der Waals surface area contributed by atoms with Gasteiger partial charge in [-0.05, 0) is 43.5 Å². The Balaban J connectivity index is 1.61. The number of rotatable bonds is 6. The van der Waals surface area contributed by atoms with E-state index >= 15 is 0 Å². The van der Waals surface area contributed by atoms with Crippen molar-refractivity contribution >= 4 is 23.4 Å². The number of carbonyl (C=O) groups is 3. The lowest BCUT2D eigenvalue weighted by molar-refractivity contribution is -0.126. The smallest absolute Gasteiger partial charge is 0.262 e. The van der Waals surface area contributed by atoms with Gasteiger partial charge in [0.25, 0.3) is 11.8 Å². The van der Waals surface area contributed by atoms with Crippen LogP contribution in [0.3, 0.4) is 0 Å². The number of benzene rings is 1. The highest BCUT2D eigenvalue weighted by molar-refractivity contribution is 6.22. The molecule has 2 unspecified atom stereocenters. The van der Waals surface area contributed by atoms with Gasteiger partial charge < -0.3 is 5.32 Å². The Morgan fingerprint density at radius 1 is 0.967 bits per heavy atom. The largest absolute Gasteiger partial charge is 0.345 e. The van der Waals surface area contributed by atoms with E-state index in [-0.39, 0.29) is 5.92 Å². The predicted molar refractivity (Wildman–Crippen MR) is 110 cm³/mol. The number of fused-ring (bicyclic) bond motifs is 2. The molecule has 1 aliphatic rings. The molecule has 3 amide bonds. The number of pyridine rings is 1. The van der Waals surface area contributed by atoms with Crippen molar-refractivity contribution in [3.8, 4) is 0 Å². The summed E-state index contributed by atoms with van der Waals surface area (Å²) in [4.78, 5) is 40.2. The lowest BCUT2D eigenvalue weighted by atomic mass is 10.0. The van der Waals surface area contributed by atoms with Crippen LogP contribution in [-0.4, -0.2) is 43.3 Å². The minimum atomic E-state index is -0.904. The third-order valence-corrected chi connectivity index (χ3v) is 5.22. The molecule has 3 heterocycles. The Bertz CT molecular complexity index is 1100. The summed E-state index contributed by atoms with van der Waals surface area (Å²) >= 11 is 0. The zero-order valence-electron chi connectivity index (χ0n) is 17.1. The molecule has 1 aromatic carbocycles. The molecule has 4 rings (SSSR count). The van der Waals surface area contributed by atoms with E-state index < -0.39 is 29.8 Å². The molecule has 0 radical (unpaired) electrons. The van der Waals surface area contributed by atoms with Gasteiger partial charge in [0, 0.05) is 6.20 Å². The van der Waals surface area contributed by atoms with Crippen molar-refractivity contribution in [2.75, 3.05) is 0 Å². The van der Waals surface area contributed by atoms with E-state index in [1.54, 1.807) is 35.6 Å². The molecule has 0 spiro atoms. The number of nitrogens with zero attached hydrogens (tertiary/aromatic N) is 4. The first kappa shape index (κ1) is 19.8. The highest BCUT2D eigenvalue weighted by Crippen LogP contribution is 2.27. The molecule has 30 heavy (non-hydrogen) atoms. The molecule has 1 N–H and O–H groups in total. The third kappa shape index (κ3) is 3.34. The molecule has 0 saturated carbocycles. The normalized spacial score (nSPS) is 15.5. The first-order valence-electron chi connectivity index (χ1n) is 9.95. The average molecular weight is 405 g/mol. The molecular formula is C22H23N5O3. The van der Waals surface area contributed by atoms with E-state index in [1.807, 2.05) is 38.2 Å². The van der Waals surface area contributed by atoms with Crippen molar-refractivity contribution in [3.63, 3.8) is 0 Å². The summed E-state index contributed by atoms with van der Waals surface area (Å²) in [6.45, 7) is 5.71. The highest BCUT2D eigenvalue weighted by Gasteiger charge is 2.43. The van der Waals surface area contributed by atoms with Crippen molar-refractivity contribution in [2.45, 2.75) is 39.3 Å². The van der Waals surface area contributed by atoms with Crippen LogP contribution in [0.5, 0.6) is 0 Å². The Hall–Kier alpha value is -3.55. The number of aromatic nitrogens is 3. The maximum Gasteiger partial charge on any atom is 0.262 e. The van der Waals surface area contributed by atoms with Crippen LogP contribution >= 0.6 is 0 Å². The third-order valence-electron chi connectivity index (χ3n) is 5.22. The molecule has 0 saturated heterocycles. The number of nitrogens with one attached hydrogen (secondary N) is 1. The van der Waals surface area contributed by atoms with E-state index in [4.69, 9.17) is 0 Å². The monoisotopic (exact) mass is 405 g/mol. The Morgan fingerprint density at radius 2 is 1.60 bits per heavy atom. The molecule has 0 fully saturated rings. The second-order valence-electron chi connectivity index (χ2n) is 7.89. The van der Waals surface area contributed by atoms with Crippen LogP contribution in [0.25, 0.3) is 5.65 Å². The fraction of sp³-hybridized carbons (Fsp3) is 0.318. The van der Waals surface area contributed by atoms with Gasteiger partial charge in [-0.2, -0.15) is 0 Å². The quantitative estimate of drug-likeness (QED) is 0.636. The molecular weight excluding hydrogens is 382 g/mol. The van der Waals surface area contributed by atoms with Crippen molar-refractivity contribution in [3.05, 3.63) is 65.6 Å². The molecule has 2 aromatic heterocycles. The summed E-state index contributed by atoms with van der Waals surface area (Å²) in [6.07, 6.45) is 2.19. The number of imide groups is 1. The first-order chi connectivity index (χ1) is 14.4. The molecule has 8 nitrogen and oxygen atoms in total. The van der Waals surface area contributed by atoms with Gasteiger partial charge in [0.15, 0.2) is 11.5 Å². The fourth-order valence-corrected chi connectivity index (χ4v) is 3.80. The summed E-state index contributed by atoms with van der Waals surface area (Å²) in [7, 11) is 0. The van der Waals surface area contributed by atoms with Crippen LogP contribution in [0, 0.1) is 5.92 Å². The number of hydrogen-bond acceptors (Lipinski definition) is 5. The van der Waals surface area contributed by atoms with Crippen LogP contribution < -0.4 is 5.32 Å². The first-order valence-corrected chi connectivity index (χ1v) is 9.95. The summed E-state index contributed by atoms with van der Waals surface area (Å²) < 4.78 is 1.80. The SMILES string of the molecule is CC(C)CC(C(=O)NC(C)c1nnc2ccccn12)N1C(=O)c2ccccc2C1=O. The standard InChI is InChI=1S/C22H23N5O3/c1-13(2)12-17(27-21(29)15-8-4-5-9-16(15)22(27)30)20(28)23-14(3)19-25-24-18-10-6-7-11-26(18)19/h4-11,13-14,17H,12H2,1-3H3,(H,23,28). The minimum absolute atomic E-state index is 0.106. The van der Waals surface area contributed by atoms with E-state index in [0.29, 0.717) is 29.0 Å². The second-order valence-corrected chi connectivity index (χ2v) is 7.89. The summed E-state index contributed by atoms with van der Waals surface area (Å²) in [5, 5.41) is 11.2. The fourth-order valence-electron chi connectivity index (χ4n) is 3.80. The summed E-state index contributed by atoms with van der Waals surface area (Å²) in [5.41, 5.74) is 1.34. The van der Waals surface area contributed by atoms with E-state index in [1.165, 1.54) is 0 Å². The maximum atomic E-state index is 13.2. The van der Waals surface area contributed by atoms with Gasteiger partial charge in [-0.1, -0.05) is 32.0 Å². The zero-order chi connectivity index (χ0) is 21.4. The molecule has 154 valence electrons. The number of amides is 3. The van der Waals surface area contributed by atoms with Gasteiger partial charge in [-0.3, -0.25) is 23.7 Å². The van der Waals surface area contributed by atoms with Crippen LogP contribution in [0.4, 0.5) is 0 Å². The number of carbonyl (C=O) groups excluding carboxylic acids is 3. The Labute approximate surface area is 173 Å². The van der Waals surface area contributed by atoms with Crippen molar-refractivity contribution < 1.29 is 14.4 Å². The van der Waals surface area contributed by atoms with Gasteiger partial charge in [0.1, 0.15) is 6.04 Å². The maximum absolute atomic E-state index is 13.2. The molecule has 3 aromatic rings. The highest BCUT2D eigenvalue weighted by atomic mass is 16.2. The van der Waals surface area contributed by atoms with E-state index in [2.05, 4.69) is 15.5 Å². The van der Waals surface area contributed by atoms with Crippen LogP contribution in [0.15, 0.2) is 48.7 Å². The zero-order valence-corrected chi connectivity index (χ0v) is 17.1. The molecule has 8 heteroatoms. The Kier molecular flexibility index (Phi) is 5.07. The molecule has 2 atom stereocenters. The van der Waals surface area contributed by atoms with Crippen LogP contribution in [0.2, 0.25) is 0 Å². The van der Waals surface area contributed by atoms with Crippen LogP contribution in [-0.2, 0) is 4.79 Å². The van der Waals surface area contributed by atoms with Gasteiger partial charge in [0.2, 0.25) is 5.91 Å². The van der Waals surface area contributed by atoms with Gasteiger partial charge in [-0.15, -0.1) is 10.2 Å². The molecule has 1 aliphatic heterocycles. The average Bonchev–Trinajstić information content (AvgIpc) is 3.26. The Morgan fingerprint density at radius 3 is 2.23 bits per heavy atom. The molecule has 0 aliphatic carbocycles.